The van der Waals surface area contributed by atoms with E-state index in [-0.39, 0.29) is 42.7 Å². The predicted molar refractivity (Wildman–Crippen MR) is 133 cm³/mol. The van der Waals surface area contributed by atoms with Crippen LogP contribution in [0.1, 0.15) is 40.6 Å². The lowest BCUT2D eigenvalue weighted by Gasteiger charge is -2.15. The molecule has 7 nitrogen and oxygen atoms in total. The first-order chi connectivity index (χ1) is 15.0. The zero-order valence-electron chi connectivity index (χ0n) is 18.4. The number of amidine groups is 1. The number of carbonyl (C=O) groups is 1. The van der Waals surface area contributed by atoms with E-state index in [4.69, 9.17) is 25.0 Å². The van der Waals surface area contributed by atoms with Crippen molar-refractivity contribution in [3.63, 3.8) is 0 Å². The van der Waals surface area contributed by atoms with Crippen LogP contribution in [0.4, 0.5) is 0 Å². The summed E-state index contributed by atoms with van der Waals surface area (Å²) in [4.78, 5) is 12.6. The molecule has 1 aliphatic rings. The summed E-state index contributed by atoms with van der Waals surface area (Å²) in [7, 11) is 0. The number of benzene rings is 2. The maximum atomic E-state index is 12.6. The van der Waals surface area contributed by atoms with Gasteiger partial charge in [0.1, 0.15) is 23.4 Å². The van der Waals surface area contributed by atoms with Crippen LogP contribution < -0.4 is 15.8 Å². The third-order valence-corrected chi connectivity index (χ3v) is 5.51. The number of halogens is 2. The molecule has 33 heavy (non-hydrogen) atoms. The van der Waals surface area contributed by atoms with E-state index in [1.807, 2.05) is 30.3 Å². The third kappa shape index (κ3) is 6.19. The second kappa shape index (κ2) is 11.9. The fraction of sp³-hybridized carbons (Fsp3) is 0.333. The number of rotatable bonds is 8. The fourth-order valence-corrected chi connectivity index (χ4v) is 3.89. The van der Waals surface area contributed by atoms with Crippen molar-refractivity contribution in [3.05, 3.63) is 65.1 Å². The van der Waals surface area contributed by atoms with Gasteiger partial charge in [0.15, 0.2) is 0 Å². The van der Waals surface area contributed by atoms with Crippen molar-refractivity contribution in [2.75, 3.05) is 19.7 Å². The Morgan fingerprint density at radius 3 is 2.73 bits per heavy atom. The molecule has 1 aliphatic heterocycles. The predicted octanol–water partition coefficient (Wildman–Crippen LogP) is 4.26. The number of hydrogen-bond acceptors (Lipinski definition) is 6. The SMILES string of the molecule is CCOC(=O)c1cc(O[C@H]2CCNC2)ccc1CCc1occ2cc(C(=N)N)ccc12.Cl.Cl. The van der Waals surface area contributed by atoms with Gasteiger partial charge in [-0.05, 0) is 50.1 Å². The Balaban J connectivity index is 0.00000193. The quantitative estimate of drug-likeness (QED) is 0.245. The van der Waals surface area contributed by atoms with Gasteiger partial charge in [-0.1, -0.05) is 18.2 Å². The largest absolute Gasteiger partial charge is 0.489 e. The number of fused-ring (bicyclic) bond motifs is 1. The Morgan fingerprint density at radius 1 is 1.21 bits per heavy atom. The van der Waals surface area contributed by atoms with Crippen LogP contribution >= 0.6 is 24.8 Å². The number of aryl methyl sites for hydroxylation is 2. The Morgan fingerprint density at radius 2 is 2.03 bits per heavy atom. The molecule has 0 saturated carbocycles. The summed E-state index contributed by atoms with van der Waals surface area (Å²) >= 11 is 0. The summed E-state index contributed by atoms with van der Waals surface area (Å²) in [5.41, 5.74) is 7.66. The molecule has 0 bridgehead atoms. The number of nitrogens with one attached hydrogen (secondary N) is 2. The minimum atomic E-state index is -0.345. The van der Waals surface area contributed by atoms with Gasteiger partial charge in [-0.15, -0.1) is 24.8 Å². The summed E-state index contributed by atoms with van der Waals surface area (Å²) in [6.07, 6.45) is 4.00. The Bertz CT molecular complexity index is 1110. The molecule has 0 spiro atoms. The molecular formula is C24H29Cl2N3O4. The second-order valence-corrected chi connectivity index (χ2v) is 7.65. The summed E-state index contributed by atoms with van der Waals surface area (Å²) in [6.45, 7) is 3.87. The van der Waals surface area contributed by atoms with Crippen molar-refractivity contribution in [3.8, 4) is 5.75 Å². The number of ether oxygens (including phenoxy) is 2. The van der Waals surface area contributed by atoms with Crippen LogP contribution in [0.2, 0.25) is 0 Å². The van der Waals surface area contributed by atoms with Crippen molar-refractivity contribution in [2.24, 2.45) is 5.73 Å². The molecule has 1 saturated heterocycles. The molecule has 2 aromatic carbocycles. The van der Waals surface area contributed by atoms with Crippen LogP contribution in [0.25, 0.3) is 10.8 Å². The zero-order chi connectivity index (χ0) is 21.8. The summed E-state index contributed by atoms with van der Waals surface area (Å²) < 4.78 is 17.1. The van der Waals surface area contributed by atoms with Crippen molar-refractivity contribution in [2.45, 2.75) is 32.3 Å². The van der Waals surface area contributed by atoms with Gasteiger partial charge in [0.25, 0.3) is 0 Å². The number of nitrogen functional groups attached to an aromatic ring is 1. The molecule has 178 valence electrons. The Hall–Kier alpha value is -2.74. The number of carbonyl (C=O) groups excluding carboxylic acids is 1. The summed E-state index contributed by atoms with van der Waals surface area (Å²) in [5.74, 6) is 1.19. The topological polar surface area (TPSA) is 111 Å². The zero-order valence-corrected chi connectivity index (χ0v) is 20.0. The van der Waals surface area contributed by atoms with Gasteiger partial charge < -0.3 is 24.9 Å². The van der Waals surface area contributed by atoms with Crippen LogP contribution in [0, 0.1) is 5.41 Å². The molecule has 9 heteroatoms. The molecule has 1 fully saturated rings. The Labute approximate surface area is 205 Å². The Kier molecular flexibility index (Phi) is 9.58. The van der Waals surface area contributed by atoms with Crippen LogP contribution in [-0.2, 0) is 17.6 Å². The van der Waals surface area contributed by atoms with Gasteiger partial charge >= 0.3 is 5.97 Å². The molecule has 4 rings (SSSR count). The smallest absolute Gasteiger partial charge is 0.338 e. The first kappa shape index (κ1) is 26.5. The first-order valence-corrected chi connectivity index (χ1v) is 10.6. The maximum absolute atomic E-state index is 12.6. The number of nitrogens with two attached hydrogens (primary N) is 1. The normalized spacial score (nSPS) is 14.9. The minimum absolute atomic E-state index is 0. The van der Waals surface area contributed by atoms with Gasteiger partial charge in [0.2, 0.25) is 0 Å². The number of esters is 1. The van der Waals surface area contributed by atoms with E-state index in [0.29, 0.717) is 36.3 Å². The molecule has 0 radical (unpaired) electrons. The van der Waals surface area contributed by atoms with E-state index in [2.05, 4.69) is 5.32 Å². The molecule has 1 atom stereocenters. The average Bonchev–Trinajstić information content (AvgIpc) is 3.42. The van der Waals surface area contributed by atoms with Crippen molar-refractivity contribution in [1.82, 2.24) is 5.32 Å². The summed E-state index contributed by atoms with van der Waals surface area (Å²) in [5, 5.41) is 12.7. The van der Waals surface area contributed by atoms with Crippen LogP contribution in [0.15, 0.2) is 47.1 Å². The standard InChI is InChI=1S/C24H27N3O4.2ClH/c1-2-29-24(28)21-12-18(31-19-9-10-27-13-19)6-3-15(21)5-8-22-20-7-4-16(23(25)26)11-17(20)14-30-22;;/h3-4,6-7,11-12,14,19,27H,2,5,8-10,13H2,1H3,(H3,25,26);2*1H/t19-;;/m0../s1. The highest BCUT2D eigenvalue weighted by Crippen LogP contribution is 2.26. The lowest BCUT2D eigenvalue weighted by Crippen LogP contribution is -2.20. The van der Waals surface area contributed by atoms with E-state index in [1.165, 1.54) is 0 Å². The minimum Gasteiger partial charge on any atom is -0.489 e. The van der Waals surface area contributed by atoms with Crippen LogP contribution in [0.3, 0.4) is 0 Å². The molecule has 1 aromatic heterocycles. The number of furan rings is 1. The van der Waals surface area contributed by atoms with E-state index >= 15 is 0 Å². The van der Waals surface area contributed by atoms with E-state index in [9.17, 15) is 4.79 Å². The highest BCUT2D eigenvalue weighted by Gasteiger charge is 2.19. The molecule has 2 heterocycles. The molecule has 3 aromatic rings. The van der Waals surface area contributed by atoms with E-state index in [0.717, 1.165) is 41.6 Å². The average molecular weight is 494 g/mol. The third-order valence-electron chi connectivity index (χ3n) is 5.51. The lowest BCUT2D eigenvalue weighted by atomic mass is 10.00. The highest BCUT2D eigenvalue weighted by atomic mass is 35.5. The summed E-state index contributed by atoms with van der Waals surface area (Å²) in [6, 6.07) is 11.2. The van der Waals surface area contributed by atoms with E-state index < -0.39 is 0 Å². The lowest BCUT2D eigenvalue weighted by molar-refractivity contribution is 0.0524. The maximum Gasteiger partial charge on any atom is 0.338 e. The molecule has 4 N–H and O–H groups in total. The van der Waals surface area contributed by atoms with Gasteiger partial charge in [0, 0.05) is 29.3 Å². The van der Waals surface area contributed by atoms with Crippen LogP contribution in [-0.4, -0.2) is 37.6 Å². The van der Waals surface area contributed by atoms with Gasteiger partial charge in [-0.3, -0.25) is 5.41 Å². The highest BCUT2D eigenvalue weighted by molar-refractivity contribution is 5.99. The molecular weight excluding hydrogens is 465 g/mol. The molecule has 0 unspecified atom stereocenters. The molecule has 0 amide bonds. The van der Waals surface area contributed by atoms with Gasteiger partial charge in [0.05, 0.1) is 18.4 Å². The second-order valence-electron chi connectivity index (χ2n) is 7.65. The van der Waals surface area contributed by atoms with E-state index in [1.54, 1.807) is 19.3 Å². The monoisotopic (exact) mass is 493 g/mol. The van der Waals surface area contributed by atoms with Gasteiger partial charge in [-0.25, -0.2) is 4.79 Å². The van der Waals surface area contributed by atoms with Gasteiger partial charge in [-0.2, -0.15) is 0 Å². The first-order valence-electron chi connectivity index (χ1n) is 10.6. The van der Waals surface area contributed by atoms with Crippen molar-refractivity contribution >= 4 is 47.4 Å². The van der Waals surface area contributed by atoms with Crippen molar-refractivity contribution in [1.29, 1.82) is 5.41 Å². The number of hydrogen-bond donors (Lipinski definition) is 3. The van der Waals surface area contributed by atoms with Crippen molar-refractivity contribution < 1.29 is 18.7 Å². The van der Waals surface area contributed by atoms with Crippen LogP contribution in [0.5, 0.6) is 5.75 Å². The fourth-order valence-electron chi connectivity index (χ4n) is 3.89. The molecule has 0 aliphatic carbocycles.